The second kappa shape index (κ2) is 4.38. The fraction of sp³-hybridized carbons (Fsp3) is 0.385. The molecule has 0 bridgehead atoms. The Morgan fingerprint density at radius 2 is 2.12 bits per heavy atom. The molecule has 0 unspecified atom stereocenters. The molecule has 3 heteroatoms. The van der Waals surface area contributed by atoms with Crippen molar-refractivity contribution >= 4 is 23.4 Å². The van der Waals surface area contributed by atoms with Crippen molar-refractivity contribution in [2.24, 2.45) is 5.92 Å². The van der Waals surface area contributed by atoms with Gasteiger partial charge in [0.15, 0.2) is 0 Å². The van der Waals surface area contributed by atoms with Gasteiger partial charge in [0.25, 0.3) is 0 Å². The molecule has 1 N–H and O–H groups in total. The van der Waals surface area contributed by atoms with E-state index in [0.29, 0.717) is 16.7 Å². The summed E-state index contributed by atoms with van der Waals surface area (Å²) >= 11 is 6.11. The van der Waals surface area contributed by atoms with E-state index < -0.39 is 0 Å². The molecule has 2 nitrogen and oxygen atoms in total. The van der Waals surface area contributed by atoms with E-state index in [9.17, 15) is 0 Å². The van der Waals surface area contributed by atoms with Crippen LogP contribution < -0.4 is 10.1 Å². The number of benzene rings is 1. The van der Waals surface area contributed by atoms with Crippen LogP contribution in [-0.2, 0) is 0 Å². The molecule has 1 aromatic rings. The second-order valence-electron chi connectivity index (χ2n) is 4.30. The highest BCUT2D eigenvalue weighted by Crippen LogP contribution is 2.35. The molecule has 16 heavy (non-hydrogen) atoms. The Morgan fingerprint density at radius 3 is 2.75 bits per heavy atom. The largest absolute Gasteiger partial charge is 0.495 e. The number of rotatable bonds is 2. The molecule has 2 rings (SSSR count). The molecule has 1 aliphatic rings. The lowest BCUT2D eigenvalue weighted by Crippen LogP contribution is -2.14. The molecule has 1 aromatic carbocycles. The molecule has 0 aliphatic carbocycles. The summed E-state index contributed by atoms with van der Waals surface area (Å²) in [6.07, 6.45) is 2.21. The summed E-state index contributed by atoms with van der Waals surface area (Å²) in [5.41, 5.74) is 3.63. The molecule has 0 fully saturated rings. The van der Waals surface area contributed by atoms with Gasteiger partial charge in [0.1, 0.15) is 5.75 Å². The maximum absolute atomic E-state index is 6.11. The summed E-state index contributed by atoms with van der Waals surface area (Å²) in [5.74, 6) is 1.27. The van der Waals surface area contributed by atoms with Crippen LogP contribution in [0.2, 0.25) is 5.02 Å². The van der Waals surface area contributed by atoms with E-state index >= 15 is 0 Å². The number of anilines is 1. The van der Waals surface area contributed by atoms with E-state index in [1.54, 1.807) is 7.11 Å². The van der Waals surface area contributed by atoms with Crippen molar-refractivity contribution in [3.05, 3.63) is 28.3 Å². The van der Waals surface area contributed by atoms with Gasteiger partial charge in [-0.1, -0.05) is 31.5 Å². The first-order valence-electron chi connectivity index (χ1n) is 5.43. The number of hydrogen-bond acceptors (Lipinski definition) is 2. The molecule has 1 aliphatic heterocycles. The van der Waals surface area contributed by atoms with Crippen molar-refractivity contribution in [2.45, 2.75) is 13.8 Å². The maximum atomic E-state index is 6.11. The highest BCUT2D eigenvalue weighted by Gasteiger charge is 2.14. The number of ether oxygens (including phenoxy) is 1. The van der Waals surface area contributed by atoms with Crippen molar-refractivity contribution in [3.8, 4) is 5.75 Å². The van der Waals surface area contributed by atoms with E-state index in [2.05, 4.69) is 25.2 Å². The van der Waals surface area contributed by atoms with Crippen LogP contribution in [0, 0.1) is 5.92 Å². The number of nitrogens with one attached hydrogen (secondary N) is 1. The molecule has 0 spiro atoms. The van der Waals surface area contributed by atoms with Crippen molar-refractivity contribution in [1.29, 1.82) is 0 Å². The van der Waals surface area contributed by atoms with Crippen molar-refractivity contribution in [3.63, 3.8) is 0 Å². The van der Waals surface area contributed by atoms with Gasteiger partial charge >= 0.3 is 0 Å². The zero-order valence-electron chi connectivity index (χ0n) is 9.80. The summed E-state index contributed by atoms with van der Waals surface area (Å²) in [4.78, 5) is 0. The molecular formula is C13H16ClNO. The molecule has 0 aromatic heterocycles. The van der Waals surface area contributed by atoms with Crippen LogP contribution in [-0.4, -0.2) is 13.7 Å². The topological polar surface area (TPSA) is 21.3 Å². The first kappa shape index (κ1) is 11.3. The molecule has 0 atom stereocenters. The Kier molecular flexibility index (Phi) is 3.10. The highest BCUT2D eigenvalue weighted by molar-refractivity contribution is 6.32. The monoisotopic (exact) mass is 237 g/mol. The Morgan fingerprint density at radius 1 is 1.38 bits per heavy atom. The van der Waals surface area contributed by atoms with Crippen molar-refractivity contribution < 1.29 is 4.74 Å². The normalized spacial score (nSPS) is 14.2. The van der Waals surface area contributed by atoms with E-state index in [1.165, 1.54) is 5.57 Å². The van der Waals surface area contributed by atoms with Crippen LogP contribution in [0.1, 0.15) is 19.4 Å². The van der Waals surface area contributed by atoms with Crippen LogP contribution in [0.4, 0.5) is 5.69 Å². The third kappa shape index (κ3) is 2.03. The van der Waals surface area contributed by atoms with E-state index in [4.69, 9.17) is 16.3 Å². The van der Waals surface area contributed by atoms with Crippen LogP contribution in [0.15, 0.2) is 17.7 Å². The van der Waals surface area contributed by atoms with Gasteiger partial charge in [-0.05, 0) is 23.1 Å². The molecule has 0 amide bonds. The van der Waals surface area contributed by atoms with Gasteiger partial charge in [-0.15, -0.1) is 0 Å². The summed E-state index contributed by atoms with van der Waals surface area (Å²) in [6.45, 7) is 5.29. The quantitative estimate of drug-likeness (QED) is 0.845. The average Bonchev–Trinajstić information content (AvgIpc) is 2.27. The zero-order chi connectivity index (χ0) is 11.7. The Hall–Kier alpha value is -1.15. The highest BCUT2D eigenvalue weighted by atomic mass is 35.5. The van der Waals surface area contributed by atoms with Gasteiger partial charge < -0.3 is 10.1 Å². The van der Waals surface area contributed by atoms with Crippen LogP contribution in [0.3, 0.4) is 0 Å². The maximum Gasteiger partial charge on any atom is 0.139 e. The van der Waals surface area contributed by atoms with E-state index in [0.717, 1.165) is 17.8 Å². The van der Waals surface area contributed by atoms with Gasteiger partial charge in [0, 0.05) is 18.3 Å². The number of hydrogen-bond donors (Lipinski definition) is 1. The lowest BCUT2D eigenvalue weighted by atomic mass is 9.96. The minimum absolute atomic E-state index is 0.557. The summed E-state index contributed by atoms with van der Waals surface area (Å²) in [5, 5.41) is 4.05. The summed E-state index contributed by atoms with van der Waals surface area (Å²) in [7, 11) is 1.63. The first-order chi connectivity index (χ1) is 7.61. The van der Waals surface area contributed by atoms with Gasteiger partial charge in [0.05, 0.1) is 12.1 Å². The fourth-order valence-corrected chi connectivity index (χ4v) is 2.07. The van der Waals surface area contributed by atoms with E-state index in [-0.39, 0.29) is 0 Å². The van der Waals surface area contributed by atoms with Gasteiger partial charge in [-0.3, -0.25) is 0 Å². The predicted octanol–water partition coefficient (Wildman–Crippen LogP) is 3.81. The molecule has 86 valence electrons. The third-order valence-electron chi connectivity index (χ3n) is 2.89. The number of fused-ring (bicyclic) bond motifs is 1. The second-order valence-corrected chi connectivity index (χ2v) is 4.71. The lowest BCUT2D eigenvalue weighted by molar-refractivity contribution is 0.415. The van der Waals surface area contributed by atoms with Crippen LogP contribution >= 0.6 is 11.6 Å². The average molecular weight is 238 g/mol. The van der Waals surface area contributed by atoms with E-state index in [1.807, 2.05) is 12.1 Å². The smallest absolute Gasteiger partial charge is 0.139 e. The fourth-order valence-electron chi connectivity index (χ4n) is 1.82. The molecule has 0 radical (unpaired) electrons. The van der Waals surface area contributed by atoms with Crippen molar-refractivity contribution in [2.75, 3.05) is 19.0 Å². The van der Waals surface area contributed by atoms with Crippen LogP contribution in [0.25, 0.3) is 6.08 Å². The first-order valence-corrected chi connectivity index (χ1v) is 5.81. The lowest BCUT2D eigenvalue weighted by Gasteiger charge is -2.22. The molecule has 1 heterocycles. The van der Waals surface area contributed by atoms with Gasteiger partial charge in [-0.25, -0.2) is 0 Å². The molecule has 0 saturated heterocycles. The minimum atomic E-state index is 0.557. The Balaban J connectivity index is 2.44. The molecular weight excluding hydrogens is 222 g/mol. The zero-order valence-corrected chi connectivity index (χ0v) is 10.6. The number of halogens is 1. The van der Waals surface area contributed by atoms with Crippen molar-refractivity contribution in [1.82, 2.24) is 0 Å². The Labute approximate surface area is 101 Å². The van der Waals surface area contributed by atoms with Gasteiger partial charge in [-0.2, -0.15) is 0 Å². The third-order valence-corrected chi connectivity index (χ3v) is 3.18. The summed E-state index contributed by atoms with van der Waals surface area (Å²) in [6, 6.07) is 3.90. The number of methoxy groups -OCH3 is 1. The molecule has 0 saturated carbocycles. The summed E-state index contributed by atoms with van der Waals surface area (Å²) < 4.78 is 5.19. The van der Waals surface area contributed by atoms with Gasteiger partial charge in [0.2, 0.25) is 0 Å². The minimum Gasteiger partial charge on any atom is -0.495 e. The van der Waals surface area contributed by atoms with Crippen LogP contribution in [0.5, 0.6) is 5.75 Å². The Bertz CT molecular complexity index is 438. The standard InChI is InChI=1S/C13H16ClNO/c1-8(2)10-4-9-5-11(14)13(16-3)6-12(9)15-7-10/h4-6,8,15H,7H2,1-3H3. The predicted molar refractivity (Wildman–Crippen MR) is 69.3 cm³/mol. The SMILES string of the molecule is COc1cc2c(cc1Cl)C=C(C(C)C)CN2.